The zero-order valence-electron chi connectivity index (χ0n) is 13.0. The Morgan fingerprint density at radius 3 is 2.11 bits per heavy atom. The molecule has 1 saturated heterocycles. The van der Waals surface area contributed by atoms with Gasteiger partial charge in [0.15, 0.2) is 0 Å². The minimum atomic E-state index is 0.361. The van der Waals surface area contributed by atoms with E-state index in [-0.39, 0.29) is 0 Å². The van der Waals surface area contributed by atoms with Gasteiger partial charge in [0.05, 0.1) is 0 Å². The van der Waals surface area contributed by atoms with Crippen molar-refractivity contribution < 1.29 is 0 Å². The van der Waals surface area contributed by atoms with Crippen LogP contribution in [0.2, 0.25) is 0 Å². The van der Waals surface area contributed by atoms with Gasteiger partial charge in [-0.05, 0) is 55.9 Å². The first-order valence-electron chi connectivity index (χ1n) is 7.68. The van der Waals surface area contributed by atoms with Gasteiger partial charge in [-0.1, -0.05) is 27.7 Å². The molecule has 0 bridgehead atoms. The number of rotatable bonds is 2. The second kappa shape index (κ2) is 4.79. The van der Waals surface area contributed by atoms with Gasteiger partial charge in [0.1, 0.15) is 0 Å². The molecule has 106 valence electrons. The molecular formula is C16H32N2. The van der Waals surface area contributed by atoms with E-state index < -0.39 is 0 Å². The summed E-state index contributed by atoms with van der Waals surface area (Å²) in [4.78, 5) is 2.73. The topological polar surface area (TPSA) is 29.3 Å². The monoisotopic (exact) mass is 252 g/mol. The first-order chi connectivity index (χ1) is 8.19. The minimum absolute atomic E-state index is 0.361. The second-order valence-electron chi connectivity index (χ2n) is 8.47. The summed E-state index contributed by atoms with van der Waals surface area (Å²) in [7, 11) is 0. The summed E-state index contributed by atoms with van der Waals surface area (Å²) < 4.78 is 0. The first kappa shape index (κ1) is 14.3. The van der Waals surface area contributed by atoms with Crippen LogP contribution in [0.5, 0.6) is 0 Å². The molecular weight excluding hydrogens is 220 g/mol. The largest absolute Gasteiger partial charge is 0.328 e. The Kier molecular flexibility index (Phi) is 3.81. The normalized spacial score (nSPS) is 34.7. The molecule has 1 aliphatic heterocycles. The van der Waals surface area contributed by atoms with Crippen LogP contribution >= 0.6 is 0 Å². The summed E-state index contributed by atoms with van der Waals surface area (Å²) in [6.07, 6.45) is 5.39. The maximum absolute atomic E-state index is 6.07. The molecule has 2 rings (SSSR count). The van der Waals surface area contributed by atoms with Crippen molar-refractivity contribution in [1.29, 1.82) is 0 Å². The van der Waals surface area contributed by atoms with Crippen LogP contribution in [0.15, 0.2) is 0 Å². The van der Waals surface area contributed by atoms with Gasteiger partial charge in [0.25, 0.3) is 0 Å². The van der Waals surface area contributed by atoms with Gasteiger partial charge in [0.2, 0.25) is 0 Å². The van der Waals surface area contributed by atoms with E-state index in [1.165, 1.54) is 38.8 Å². The quantitative estimate of drug-likeness (QED) is 0.817. The van der Waals surface area contributed by atoms with Crippen molar-refractivity contribution in [3.8, 4) is 0 Å². The standard InChI is InChI=1S/C16H32N2/c1-12(17)13-6-7-18(10-13)14-8-15(2,3)11-16(4,5)9-14/h12-14H,6-11,17H2,1-5H3. The van der Waals surface area contributed by atoms with Crippen LogP contribution in [0, 0.1) is 16.7 Å². The summed E-state index contributed by atoms with van der Waals surface area (Å²) in [5, 5.41) is 0. The Bertz CT molecular complexity index is 277. The van der Waals surface area contributed by atoms with E-state index in [9.17, 15) is 0 Å². The molecule has 1 heterocycles. The molecule has 2 atom stereocenters. The van der Waals surface area contributed by atoms with Crippen molar-refractivity contribution >= 4 is 0 Å². The van der Waals surface area contributed by atoms with E-state index in [1.807, 2.05) is 0 Å². The van der Waals surface area contributed by atoms with Crippen molar-refractivity contribution in [3.63, 3.8) is 0 Å². The molecule has 1 aliphatic carbocycles. The number of likely N-dealkylation sites (tertiary alicyclic amines) is 1. The molecule has 2 unspecified atom stereocenters. The van der Waals surface area contributed by atoms with Gasteiger partial charge in [0, 0.05) is 18.6 Å². The molecule has 0 amide bonds. The summed E-state index contributed by atoms with van der Waals surface area (Å²) in [5.74, 6) is 0.721. The first-order valence-corrected chi connectivity index (χ1v) is 7.68. The summed E-state index contributed by atoms with van der Waals surface area (Å²) in [6, 6.07) is 1.15. The third-order valence-corrected chi connectivity index (χ3v) is 5.05. The van der Waals surface area contributed by atoms with Crippen molar-refractivity contribution in [2.45, 2.75) is 72.4 Å². The molecule has 0 aromatic heterocycles. The number of nitrogens with zero attached hydrogens (tertiary/aromatic N) is 1. The van der Waals surface area contributed by atoms with Crippen molar-refractivity contribution in [3.05, 3.63) is 0 Å². The van der Waals surface area contributed by atoms with Crippen molar-refractivity contribution in [2.24, 2.45) is 22.5 Å². The number of nitrogens with two attached hydrogens (primary N) is 1. The highest BCUT2D eigenvalue weighted by Gasteiger charge is 2.42. The van der Waals surface area contributed by atoms with Crippen LogP contribution in [-0.4, -0.2) is 30.1 Å². The summed E-state index contributed by atoms with van der Waals surface area (Å²) in [5.41, 5.74) is 7.07. The van der Waals surface area contributed by atoms with Gasteiger partial charge in [-0.25, -0.2) is 0 Å². The van der Waals surface area contributed by atoms with E-state index in [0.717, 1.165) is 12.0 Å². The molecule has 1 saturated carbocycles. The predicted octanol–water partition coefficient (Wildman–Crippen LogP) is 3.26. The third kappa shape index (κ3) is 3.27. The Hall–Kier alpha value is -0.0800. The molecule has 18 heavy (non-hydrogen) atoms. The van der Waals surface area contributed by atoms with Crippen LogP contribution < -0.4 is 5.73 Å². The number of hydrogen-bond donors (Lipinski definition) is 1. The van der Waals surface area contributed by atoms with E-state index in [1.54, 1.807) is 0 Å². The third-order valence-electron chi connectivity index (χ3n) is 5.05. The second-order valence-corrected chi connectivity index (χ2v) is 8.47. The van der Waals surface area contributed by atoms with Crippen LogP contribution in [0.25, 0.3) is 0 Å². The van der Waals surface area contributed by atoms with E-state index in [0.29, 0.717) is 16.9 Å². The van der Waals surface area contributed by atoms with Gasteiger partial charge in [-0.15, -0.1) is 0 Å². The fourth-order valence-electron chi connectivity index (χ4n) is 4.62. The van der Waals surface area contributed by atoms with Crippen molar-refractivity contribution in [1.82, 2.24) is 4.90 Å². The average molecular weight is 252 g/mol. The van der Waals surface area contributed by atoms with Gasteiger partial charge < -0.3 is 10.6 Å². The van der Waals surface area contributed by atoms with Crippen molar-refractivity contribution in [2.75, 3.05) is 13.1 Å². The van der Waals surface area contributed by atoms with E-state index in [2.05, 4.69) is 39.5 Å². The molecule has 2 fully saturated rings. The van der Waals surface area contributed by atoms with Crippen LogP contribution in [0.4, 0.5) is 0 Å². The molecule has 0 radical (unpaired) electrons. The lowest BCUT2D eigenvalue weighted by Crippen LogP contribution is -2.45. The number of hydrogen-bond acceptors (Lipinski definition) is 2. The molecule has 2 N–H and O–H groups in total. The fraction of sp³-hybridized carbons (Fsp3) is 1.00. The Labute approximate surface area is 113 Å². The Balaban J connectivity index is 2.01. The van der Waals surface area contributed by atoms with Gasteiger partial charge in [-0.3, -0.25) is 0 Å². The lowest BCUT2D eigenvalue weighted by molar-refractivity contribution is 0.0327. The lowest BCUT2D eigenvalue weighted by atomic mass is 9.63. The molecule has 2 nitrogen and oxygen atoms in total. The molecule has 0 spiro atoms. The summed E-state index contributed by atoms with van der Waals surface area (Å²) in [6.45, 7) is 14.4. The van der Waals surface area contributed by atoms with Gasteiger partial charge in [-0.2, -0.15) is 0 Å². The maximum atomic E-state index is 6.07. The SMILES string of the molecule is CC(N)C1CCN(C2CC(C)(C)CC(C)(C)C2)C1. The Morgan fingerprint density at radius 2 is 1.67 bits per heavy atom. The molecule has 0 aromatic carbocycles. The zero-order chi connectivity index (χ0) is 13.6. The summed E-state index contributed by atoms with van der Waals surface area (Å²) >= 11 is 0. The van der Waals surface area contributed by atoms with E-state index >= 15 is 0 Å². The van der Waals surface area contributed by atoms with Crippen LogP contribution in [0.1, 0.15) is 60.3 Å². The highest BCUT2D eigenvalue weighted by atomic mass is 15.2. The minimum Gasteiger partial charge on any atom is -0.328 e. The maximum Gasteiger partial charge on any atom is 0.0106 e. The predicted molar refractivity (Wildman–Crippen MR) is 78.5 cm³/mol. The lowest BCUT2D eigenvalue weighted by Gasteiger charge is -2.48. The molecule has 2 heteroatoms. The smallest absolute Gasteiger partial charge is 0.0106 e. The zero-order valence-corrected chi connectivity index (χ0v) is 13.0. The van der Waals surface area contributed by atoms with Crippen LogP contribution in [0.3, 0.4) is 0 Å². The average Bonchev–Trinajstić information content (AvgIpc) is 2.60. The van der Waals surface area contributed by atoms with Gasteiger partial charge >= 0.3 is 0 Å². The molecule has 2 aliphatic rings. The fourth-order valence-corrected chi connectivity index (χ4v) is 4.62. The highest BCUT2D eigenvalue weighted by Crippen LogP contribution is 2.47. The molecule has 0 aromatic rings. The highest BCUT2D eigenvalue weighted by molar-refractivity contribution is 4.95. The van der Waals surface area contributed by atoms with Crippen LogP contribution in [-0.2, 0) is 0 Å². The Morgan fingerprint density at radius 1 is 1.11 bits per heavy atom. The van der Waals surface area contributed by atoms with E-state index in [4.69, 9.17) is 5.73 Å².